The number of carbonyl (C=O) groups is 1. The van der Waals surface area contributed by atoms with E-state index in [1.165, 1.54) is 22.9 Å². The minimum atomic E-state index is -5.86. The number of fused-ring (bicyclic) bond motifs is 1. The fourth-order valence-electron chi connectivity index (χ4n) is 3.30. The van der Waals surface area contributed by atoms with E-state index in [1.807, 2.05) is 0 Å². The summed E-state index contributed by atoms with van der Waals surface area (Å²) in [5, 5.41) is 4.72. The summed E-state index contributed by atoms with van der Waals surface area (Å²) in [7, 11) is 0. The van der Waals surface area contributed by atoms with Crippen LogP contribution in [0.2, 0.25) is 0 Å². The molecule has 0 N–H and O–H groups in total. The summed E-state index contributed by atoms with van der Waals surface area (Å²) in [6, 6.07) is 10.4. The Hall–Kier alpha value is -3.25. The molecule has 0 radical (unpaired) electrons. The van der Waals surface area contributed by atoms with E-state index in [-0.39, 0.29) is 11.3 Å². The lowest BCUT2D eigenvalue weighted by Gasteiger charge is -2.28. The molecule has 35 heavy (non-hydrogen) atoms. The van der Waals surface area contributed by atoms with E-state index in [0.29, 0.717) is 10.9 Å². The van der Waals surface area contributed by atoms with Gasteiger partial charge in [0.15, 0.2) is 0 Å². The summed E-state index contributed by atoms with van der Waals surface area (Å²) in [6.07, 6.45) is -20.6. The molecule has 0 unspecified atom stereocenters. The molecule has 0 saturated heterocycles. The van der Waals surface area contributed by atoms with Crippen LogP contribution in [0.5, 0.6) is 0 Å². The Balaban J connectivity index is 1.95. The van der Waals surface area contributed by atoms with Crippen LogP contribution >= 0.6 is 0 Å². The number of nitrogens with zero attached hydrogens (tertiary/aromatic N) is 2. The Morgan fingerprint density at radius 2 is 1.43 bits per heavy atom. The average molecular weight is 512 g/mol. The van der Waals surface area contributed by atoms with Gasteiger partial charge in [0, 0.05) is 10.9 Å². The highest BCUT2D eigenvalue weighted by atomic mass is 19.4. The number of halogens is 9. The van der Waals surface area contributed by atoms with Crippen molar-refractivity contribution in [3.63, 3.8) is 0 Å². The summed E-state index contributed by atoms with van der Waals surface area (Å²) < 4.78 is 120. The standard InChI is InChI=1S/C22H17F9N2O2/c1-19(2,18(34)35-17(21(26,27)28)22(29,30)31)11-33-15-6-4-3-5-14(15)16(32-33)12-7-9-13(10-8-12)20(23,24)25/h3-10,17H,11H2,1-2H3. The highest BCUT2D eigenvalue weighted by Crippen LogP contribution is 2.38. The van der Waals surface area contributed by atoms with Gasteiger partial charge in [-0.2, -0.15) is 44.6 Å². The van der Waals surface area contributed by atoms with Gasteiger partial charge in [-0.25, -0.2) is 0 Å². The quantitative estimate of drug-likeness (QED) is 0.280. The molecule has 0 bridgehead atoms. The second-order valence-corrected chi connectivity index (χ2v) is 8.35. The van der Waals surface area contributed by atoms with E-state index in [9.17, 15) is 44.3 Å². The fraction of sp³-hybridized carbons (Fsp3) is 0.364. The number of hydrogen-bond donors (Lipinski definition) is 0. The Labute approximate surface area is 192 Å². The molecule has 190 valence electrons. The number of para-hydroxylation sites is 1. The van der Waals surface area contributed by atoms with Gasteiger partial charge in [0.05, 0.1) is 23.0 Å². The number of esters is 1. The van der Waals surface area contributed by atoms with Crippen molar-refractivity contribution in [2.75, 3.05) is 0 Å². The van der Waals surface area contributed by atoms with Crippen molar-refractivity contribution < 1.29 is 49.0 Å². The zero-order valence-corrected chi connectivity index (χ0v) is 18.0. The van der Waals surface area contributed by atoms with Crippen LogP contribution in [-0.2, 0) is 22.3 Å². The van der Waals surface area contributed by atoms with E-state index in [0.717, 1.165) is 26.0 Å². The van der Waals surface area contributed by atoms with Gasteiger partial charge in [0.25, 0.3) is 6.10 Å². The lowest BCUT2D eigenvalue weighted by molar-refractivity contribution is -0.315. The number of benzene rings is 2. The van der Waals surface area contributed by atoms with Gasteiger partial charge in [-0.15, -0.1) is 0 Å². The van der Waals surface area contributed by atoms with E-state index in [4.69, 9.17) is 0 Å². The van der Waals surface area contributed by atoms with Crippen molar-refractivity contribution in [3.8, 4) is 11.3 Å². The summed E-state index contributed by atoms with van der Waals surface area (Å²) in [4.78, 5) is 12.3. The third-order valence-corrected chi connectivity index (χ3v) is 5.06. The van der Waals surface area contributed by atoms with Crippen molar-refractivity contribution in [2.45, 2.75) is 45.0 Å². The summed E-state index contributed by atoms with van der Waals surface area (Å²) in [6.45, 7) is 1.70. The van der Waals surface area contributed by atoms with Crippen molar-refractivity contribution in [1.29, 1.82) is 0 Å². The summed E-state index contributed by atoms with van der Waals surface area (Å²) >= 11 is 0. The topological polar surface area (TPSA) is 44.1 Å². The van der Waals surface area contributed by atoms with E-state index < -0.39 is 48.1 Å². The van der Waals surface area contributed by atoms with Crippen LogP contribution in [0.1, 0.15) is 19.4 Å². The van der Waals surface area contributed by atoms with Crippen LogP contribution in [0.25, 0.3) is 22.2 Å². The molecule has 3 aromatic rings. The van der Waals surface area contributed by atoms with Gasteiger partial charge in [0.1, 0.15) is 5.69 Å². The first-order chi connectivity index (χ1) is 15.9. The predicted molar refractivity (Wildman–Crippen MR) is 106 cm³/mol. The number of ether oxygens (including phenoxy) is 1. The molecule has 0 aliphatic heterocycles. The normalized spacial score (nSPS) is 13.5. The molecule has 1 aromatic heterocycles. The Morgan fingerprint density at radius 1 is 0.886 bits per heavy atom. The van der Waals surface area contributed by atoms with Gasteiger partial charge in [-0.1, -0.05) is 30.3 Å². The largest absolute Gasteiger partial charge is 0.442 e. The van der Waals surface area contributed by atoms with Crippen LogP contribution in [0.15, 0.2) is 48.5 Å². The number of aromatic nitrogens is 2. The second kappa shape index (κ2) is 8.76. The minimum absolute atomic E-state index is 0.210. The van der Waals surface area contributed by atoms with Crippen molar-refractivity contribution in [3.05, 3.63) is 54.1 Å². The molecule has 3 rings (SSSR count). The third-order valence-electron chi connectivity index (χ3n) is 5.06. The molecule has 4 nitrogen and oxygen atoms in total. The number of alkyl halides is 9. The first-order valence-electron chi connectivity index (χ1n) is 9.89. The lowest BCUT2D eigenvalue weighted by atomic mass is 9.93. The van der Waals surface area contributed by atoms with Gasteiger partial charge < -0.3 is 4.74 Å². The number of rotatable bonds is 5. The summed E-state index contributed by atoms with van der Waals surface area (Å²) in [5.41, 5.74) is -1.94. The van der Waals surface area contributed by atoms with Gasteiger partial charge in [-0.3, -0.25) is 9.48 Å². The molecule has 0 amide bonds. The maximum absolute atomic E-state index is 12.9. The van der Waals surface area contributed by atoms with Crippen molar-refractivity contribution >= 4 is 16.9 Å². The highest BCUT2D eigenvalue weighted by Gasteiger charge is 2.60. The van der Waals surface area contributed by atoms with Crippen LogP contribution < -0.4 is 0 Å². The van der Waals surface area contributed by atoms with Crippen LogP contribution in [0.3, 0.4) is 0 Å². The predicted octanol–water partition coefficient (Wildman–Crippen LogP) is 6.78. The molecule has 0 atom stereocenters. The Bertz CT molecular complexity index is 1190. The molecule has 0 fully saturated rings. The number of carbonyl (C=O) groups excluding carboxylic acids is 1. The maximum atomic E-state index is 12.9. The molecule has 0 saturated carbocycles. The van der Waals surface area contributed by atoms with E-state index >= 15 is 0 Å². The first-order valence-corrected chi connectivity index (χ1v) is 9.89. The van der Waals surface area contributed by atoms with E-state index in [2.05, 4.69) is 9.84 Å². The zero-order valence-electron chi connectivity index (χ0n) is 18.0. The van der Waals surface area contributed by atoms with Gasteiger partial charge in [-0.05, 0) is 32.0 Å². The monoisotopic (exact) mass is 512 g/mol. The lowest BCUT2D eigenvalue weighted by Crippen LogP contribution is -2.48. The van der Waals surface area contributed by atoms with Crippen molar-refractivity contribution in [1.82, 2.24) is 9.78 Å². The smallest absolute Gasteiger partial charge is 0.434 e. The van der Waals surface area contributed by atoms with Crippen LogP contribution in [0, 0.1) is 5.41 Å². The van der Waals surface area contributed by atoms with Crippen LogP contribution in [0.4, 0.5) is 39.5 Å². The molecular weight excluding hydrogens is 495 g/mol. The van der Waals surface area contributed by atoms with Gasteiger partial charge in [0.2, 0.25) is 0 Å². The van der Waals surface area contributed by atoms with Crippen LogP contribution in [-0.4, -0.2) is 34.2 Å². The average Bonchev–Trinajstić information content (AvgIpc) is 3.07. The Morgan fingerprint density at radius 3 is 1.94 bits per heavy atom. The zero-order chi connectivity index (χ0) is 26.4. The fourth-order valence-corrected chi connectivity index (χ4v) is 3.30. The second-order valence-electron chi connectivity index (χ2n) is 8.35. The molecule has 0 aliphatic rings. The maximum Gasteiger partial charge on any atom is 0.434 e. The SMILES string of the molecule is CC(C)(Cn1nc(-c2ccc(C(F)(F)F)cc2)c2ccccc21)C(=O)OC(C(F)(F)F)C(F)(F)F. The summed E-state index contributed by atoms with van der Waals surface area (Å²) in [5.74, 6) is -1.76. The molecule has 2 aromatic carbocycles. The van der Waals surface area contributed by atoms with Crippen molar-refractivity contribution in [2.24, 2.45) is 5.41 Å². The molecular formula is C22H17F9N2O2. The number of hydrogen-bond acceptors (Lipinski definition) is 3. The molecule has 13 heteroatoms. The van der Waals surface area contributed by atoms with Gasteiger partial charge >= 0.3 is 24.5 Å². The third kappa shape index (κ3) is 5.70. The highest BCUT2D eigenvalue weighted by molar-refractivity contribution is 5.93. The Kier molecular flexibility index (Phi) is 6.59. The molecule has 0 aliphatic carbocycles. The minimum Gasteiger partial charge on any atom is -0.442 e. The molecule has 0 spiro atoms. The molecule has 1 heterocycles. The first kappa shape index (κ1) is 26.4. The van der Waals surface area contributed by atoms with E-state index in [1.54, 1.807) is 18.2 Å².